The summed E-state index contributed by atoms with van der Waals surface area (Å²) in [6, 6.07) is 3.93. The molecule has 1 atom stereocenters. The second kappa shape index (κ2) is 7.38. The van der Waals surface area contributed by atoms with Crippen molar-refractivity contribution in [2.75, 3.05) is 5.32 Å². The first kappa shape index (κ1) is 20.1. The van der Waals surface area contributed by atoms with E-state index in [-0.39, 0.29) is 11.2 Å². The van der Waals surface area contributed by atoms with Crippen LogP contribution in [0.15, 0.2) is 34.1 Å². The number of nitrogens with zero attached hydrogens (tertiary/aromatic N) is 4. The summed E-state index contributed by atoms with van der Waals surface area (Å²) in [5.41, 5.74) is 1.69. The summed E-state index contributed by atoms with van der Waals surface area (Å²) in [6.45, 7) is 5.33. The third-order valence-corrected chi connectivity index (χ3v) is 4.84. The van der Waals surface area contributed by atoms with E-state index >= 15 is 0 Å². The fraction of sp³-hybridized carbons (Fsp3) is 0.316. The van der Waals surface area contributed by atoms with Gasteiger partial charge in [-0.1, -0.05) is 17.7 Å². The van der Waals surface area contributed by atoms with Gasteiger partial charge in [-0.15, -0.1) is 0 Å². The van der Waals surface area contributed by atoms with Gasteiger partial charge in [-0.25, -0.2) is 14.6 Å². The van der Waals surface area contributed by atoms with Crippen LogP contribution in [0.5, 0.6) is 0 Å². The number of fused-ring (bicyclic) bond motifs is 1. The van der Waals surface area contributed by atoms with Crippen LogP contribution in [0, 0.1) is 13.8 Å². The first-order valence-corrected chi connectivity index (χ1v) is 8.93. The van der Waals surface area contributed by atoms with Crippen LogP contribution in [0.3, 0.4) is 0 Å². The highest BCUT2D eigenvalue weighted by Gasteiger charge is 2.23. The molecule has 1 aromatic carbocycles. The molecule has 3 rings (SSSR count). The Balaban J connectivity index is 1.84. The molecule has 10 nitrogen and oxygen atoms in total. The largest absolute Gasteiger partial charge is 0.332 e. The maximum atomic E-state index is 12.6. The number of aryl methyl sites for hydroxylation is 3. The second-order valence-corrected chi connectivity index (χ2v) is 6.97. The summed E-state index contributed by atoms with van der Waals surface area (Å²) >= 11 is 0. The number of amides is 3. The van der Waals surface area contributed by atoms with E-state index in [4.69, 9.17) is 0 Å². The minimum Gasteiger partial charge on any atom is -0.312 e. The molecule has 0 fully saturated rings. The average Bonchev–Trinajstić information content (AvgIpc) is 3.11. The molecule has 0 aliphatic rings. The summed E-state index contributed by atoms with van der Waals surface area (Å²) in [4.78, 5) is 53.4. The van der Waals surface area contributed by atoms with E-state index in [9.17, 15) is 19.2 Å². The van der Waals surface area contributed by atoms with Gasteiger partial charge < -0.3 is 9.88 Å². The van der Waals surface area contributed by atoms with Crippen LogP contribution in [-0.4, -0.2) is 30.6 Å². The van der Waals surface area contributed by atoms with E-state index in [0.717, 1.165) is 15.7 Å². The van der Waals surface area contributed by atoms with E-state index in [1.165, 1.54) is 36.5 Å². The molecule has 29 heavy (non-hydrogen) atoms. The molecule has 1 unspecified atom stereocenters. The molecule has 0 saturated carbocycles. The number of carbonyl (C=O) groups excluding carboxylic acids is 2. The summed E-state index contributed by atoms with van der Waals surface area (Å²) in [6.07, 6.45) is 1.30. The highest BCUT2D eigenvalue weighted by molar-refractivity contribution is 6.02. The van der Waals surface area contributed by atoms with E-state index in [2.05, 4.69) is 15.6 Å². The lowest BCUT2D eigenvalue weighted by Gasteiger charge is -2.15. The number of imidazole rings is 1. The van der Waals surface area contributed by atoms with Crippen molar-refractivity contribution < 1.29 is 9.59 Å². The van der Waals surface area contributed by atoms with Crippen LogP contribution in [0.1, 0.15) is 24.1 Å². The fourth-order valence-electron chi connectivity index (χ4n) is 3.11. The first-order chi connectivity index (χ1) is 13.6. The van der Waals surface area contributed by atoms with Gasteiger partial charge in [0.1, 0.15) is 6.04 Å². The zero-order valence-corrected chi connectivity index (χ0v) is 16.8. The van der Waals surface area contributed by atoms with Gasteiger partial charge in [-0.3, -0.25) is 24.0 Å². The number of anilines is 1. The number of aromatic nitrogens is 4. The van der Waals surface area contributed by atoms with Crippen molar-refractivity contribution in [1.29, 1.82) is 0 Å². The van der Waals surface area contributed by atoms with Crippen LogP contribution in [-0.2, 0) is 18.9 Å². The lowest BCUT2D eigenvalue weighted by molar-refractivity contribution is -0.122. The molecular formula is C19H22N6O4. The minimum atomic E-state index is -0.907. The Kier molecular flexibility index (Phi) is 5.10. The van der Waals surface area contributed by atoms with Gasteiger partial charge in [0, 0.05) is 19.8 Å². The summed E-state index contributed by atoms with van der Waals surface area (Å²) < 4.78 is 3.51. The molecule has 0 aliphatic heterocycles. The lowest BCUT2D eigenvalue weighted by atomic mass is 10.1. The maximum Gasteiger partial charge on any atom is 0.332 e. The van der Waals surface area contributed by atoms with E-state index in [1.807, 2.05) is 26.0 Å². The number of imide groups is 1. The molecule has 0 saturated heterocycles. The van der Waals surface area contributed by atoms with Gasteiger partial charge in [0.15, 0.2) is 11.2 Å². The fourth-order valence-corrected chi connectivity index (χ4v) is 3.11. The standard InChI is InChI=1S/C19H22N6O4/c1-10-6-7-13(11(2)8-10)21-18(28)22-16(26)12(3)25-9-20-15-14(25)17(27)24(5)19(29)23(15)4/h6-9,12H,1-5H3,(H2,21,22,26,28). The first-order valence-electron chi connectivity index (χ1n) is 8.93. The monoisotopic (exact) mass is 398 g/mol. The zero-order valence-electron chi connectivity index (χ0n) is 16.8. The molecule has 2 N–H and O–H groups in total. The van der Waals surface area contributed by atoms with Crippen molar-refractivity contribution in [1.82, 2.24) is 24.0 Å². The molecule has 3 aromatic rings. The zero-order chi connectivity index (χ0) is 21.5. The maximum absolute atomic E-state index is 12.6. The number of benzene rings is 1. The molecule has 10 heteroatoms. The van der Waals surface area contributed by atoms with Crippen LogP contribution in [0.4, 0.5) is 10.5 Å². The number of hydrogen-bond donors (Lipinski definition) is 2. The molecule has 0 aliphatic carbocycles. The third kappa shape index (κ3) is 3.56. The van der Waals surface area contributed by atoms with Crippen LogP contribution in [0.25, 0.3) is 11.2 Å². The smallest absolute Gasteiger partial charge is 0.312 e. The summed E-state index contributed by atoms with van der Waals surface area (Å²) in [7, 11) is 2.84. The quantitative estimate of drug-likeness (QED) is 0.681. The molecular weight excluding hydrogens is 376 g/mol. The van der Waals surface area contributed by atoms with Crippen molar-refractivity contribution in [2.45, 2.75) is 26.8 Å². The predicted octanol–water partition coefficient (Wildman–Crippen LogP) is 0.960. The Labute approximate surface area is 165 Å². The normalized spacial score (nSPS) is 12.0. The predicted molar refractivity (Wildman–Crippen MR) is 108 cm³/mol. The van der Waals surface area contributed by atoms with Gasteiger partial charge in [0.05, 0.1) is 6.33 Å². The number of hydrogen-bond acceptors (Lipinski definition) is 5. The Morgan fingerprint density at radius 2 is 1.79 bits per heavy atom. The van der Waals surface area contributed by atoms with E-state index in [1.54, 1.807) is 6.07 Å². The highest BCUT2D eigenvalue weighted by atomic mass is 16.2. The topological polar surface area (TPSA) is 120 Å². The summed E-state index contributed by atoms with van der Waals surface area (Å²) in [5.74, 6) is -0.623. The Bertz CT molecular complexity index is 1250. The molecule has 3 amide bonds. The molecule has 0 bridgehead atoms. The molecule has 2 aromatic heterocycles. The number of urea groups is 1. The van der Waals surface area contributed by atoms with Crippen molar-refractivity contribution in [3.63, 3.8) is 0 Å². The van der Waals surface area contributed by atoms with Gasteiger partial charge in [0.2, 0.25) is 0 Å². The Morgan fingerprint density at radius 3 is 2.45 bits per heavy atom. The van der Waals surface area contributed by atoms with Crippen LogP contribution in [0.2, 0.25) is 0 Å². The van der Waals surface area contributed by atoms with E-state index < -0.39 is 29.2 Å². The Hall–Kier alpha value is -3.69. The molecule has 0 spiro atoms. The highest BCUT2D eigenvalue weighted by Crippen LogP contribution is 2.16. The third-order valence-electron chi connectivity index (χ3n) is 4.84. The Morgan fingerprint density at radius 1 is 1.10 bits per heavy atom. The molecule has 152 valence electrons. The number of nitrogens with one attached hydrogen (secondary N) is 2. The van der Waals surface area contributed by atoms with Crippen molar-refractivity contribution in [3.8, 4) is 0 Å². The van der Waals surface area contributed by atoms with Crippen molar-refractivity contribution in [2.24, 2.45) is 14.1 Å². The molecule has 2 heterocycles. The van der Waals surface area contributed by atoms with Gasteiger partial charge in [-0.05, 0) is 32.4 Å². The number of carbonyl (C=O) groups is 2. The SMILES string of the molecule is Cc1ccc(NC(=O)NC(=O)C(C)n2cnc3c2c(=O)n(C)c(=O)n3C)c(C)c1. The van der Waals surface area contributed by atoms with Crippen LogP contribution < -0.4 is 21.9 Å². The average molecular weight is 398 g/mol. The van der Waals surface area contributed by atoms with Crippen molar-refractivity contribution >= 4 is 28.8 Å². The van der Waals surface area contributed by atoms with Gasteiger partial charge in [0.25, 0.3) is 11.5 Å². The number of rotatable bonds is 3. The summed E-state index contributed by atoms with van der Waals surface area (Å²) in [5, 5.41) is 4.90. The van der Waals surface area contributed by atoms with E-state index in [0.29, 0.717) is 5.69 Å². The van der Waals surface area contributed by atoms with Gasteiger partial charge >= 0.3 is 11.7 Å². The lowest BCUT2D eigenvalue weighted by Crippen LogP contribution is -2.40. The van der Waals surface area contributed by atoms with Gasteiger partial charge in [-0.2, -0.15) is 0 Å². The minimum absolute atomic E-state index is 0.104. The van der Waals surface area contributed by atoms with Crippen LogP contribution >= 0.6 is 0 Å². The second-order valence-electron chi connectivity index (χ2n) is 6.97. The van der Waals surface area contributed by atoms with Crippen molar-refractivity contribution in [3.05, 3.63) is 56.5 Å². The molecule has 0 radical (unpaired) electrons.